The van der Waals surface area contributed by atoms with Crippen molar-refractivity contribution in [1.29, 1.82) is 0 Å². The molecule has 0 aromatic heterocycles. The van der Waals surface area contributed by atoms with Crippen molar-refractivity contribution in [3.8, 4) is 0 Å². The van der Waals surface area contributed by atoms with Gasteiger partial charge in [0.2, 0.25) is 0 Å². The van der Waals surface area contributed by atoms with Gasteiger partial charge < -0.3 is 15.0 Å². The molecule has 1 saturated heterocycles. The molecule has 1 heterocycles. The lowest BCUT2D eigenvalue weighted by molar-refractivity contribution is 0.121. The lowest BCUT2D eigenvalue weighted by Crippen LogP contribution is -2.40. The molecule has 3 heteroatoms. The van der Waals surface area contributed by atoms with Gasteiger partial charge in [-0.2, -0.15) is 0 Å². The van der Waals surface area contributed by atoms with Gasteiger partial charge in [-0.25, -0.2) is 0 Å². The average molecular weight is 228 g/mol. The third kappa shape index (κ3) is 5.28. The Bertz CT molecular complexity index is 169. The predicted octanol–water partition coefficient (Wildman–Crippen LogP) is 1.59. The van der Waals surface area contributed by atoms with Crippen LogP contribution in [0.25, 0.3) is 0 Å². The van der Waals surface area contributed by atoms with E-state index in [1.54, 1.807) is 7.11 Å². The van der Waals surface area contributed by atoms with Gasteiger partial charge in [0.15, 0.2) is 0 Å². The van der Waals surface area contributed by atoms with Crippen LogP contribution < -0.4 is 5.32 Å². The molecule has 0 saturated carbocycles. The third-order valence-electron chi connectivity index (χ3n) is 3.38. The average Bonchev–Trinajstić information content (AvgIpc) is 2.30. The van der Waals surface area contributed by atoms with E-state index in [0.29, 0.717) is 5.92 Å². The number of hydrogen-bond donors (Lipinski definition) is 1. The smallest absolute Gasteiger partial charge is 0.0500 e. The quantitative estimate of drug-likeness (QED) is 0.716. The zero-order valence-corrected chi connectivity index (χ0v) is 11.2. The lowest BCUT2D eigenvalue weighted by atomic mass is 9.98. The molecule has 1 N–H and O–H groups in total. The molecule has 0 amide bonds. The zero-order chi connectivity index (χ0) is 11.8. The van der Waals surface area contributed by atoms with E-state index in [9.17, 15) is 0 Å². The first-order valence-electron chi connectivity index (χ1n) is 6.68. The van der Waals surface area contributed by atoms with E-state index >= 15 is 0 Å². The summed E-state index contributed by atoms with van der Waals surface area (Å²) in [4.78, 5) is 2.57. The Morgan fingerprint density at radius 1 is 1.50 bits per heavy atom. The molecule has 2 atom stereocenters. The van der Waals surface area contributed by atoms with E-state index in [1.807, 2.05) is 0 Å². The van der Waals surface area contributed by atoms with Crippen LogP contribution in [0.1, 0.15) is 26.7 Å². The van der Waals surface area contributed by atoms with E-state index in [-0.39, 0.29) is 0 Å². The number of piperidine rings is 1. The molecule has 0 radical (unpaired) electrons. The second-order valence-corrected chi connectivity index (χ2v) is 5.13. The van der Waals surface area contributed by atoms with Gasteiger partial charge in [0.05, 0.1) is 0 Å². The first-order chi connectivity index (χ1) is 7.76. The highest BCUT2D eigenvalue weighted by atomic mass is 16.5. The second-order valence-electron chi connectivity index (χ2n) is 5.13. The van der Waals surface area contributed by atoms with Crippen LogP contribution in [0.3, 0.4) is 0 Å². The maximum Gasteiger partial charge on any atom is 0.0500 e. The van der Waals surface area contributed by atoms with Gasteiger partial charge >= 0.3 is 0 Å². The Hall–Kier alpha value is -0.120. The fraction of sp³-hybridized carbons (Fsp3) is 1.00. The topological polar surface area (TPSA) is 24.5 Å². The van der Waals surface area contributed by atoms with Crippen molar-refractivity contribution >= 4 is 0 Å². The van der Waals surface area contributed by atoms with Gasteiger partial charge in [-0.3, -0.25) is 0 Å². The summed E-state index contributed by atoms with van der Waals surface area (Å²) < 4.78 is 5.20. The fourth-order valence-electron chi connectivity index (χ4n) is 2.56. The molecule has 0 aromatic carbocycles. The molecule has 1 aliphatic heterocycles. The second kappa shape index (κ2) is 8.04. The number of nitrogens with zero attached hydrogens (tertiary/aromatic N) is 1. The van der Waals surface area contributed by atoms with Crippen LogP contribution in [0.15, 0.2) is 0 Å². The molecule has 16 heavy (non-hydrogen) atoms. The highest BCUT2D eigenvalue weighted by Crippen LogP contribution is 2.12. The van der Waals surface area contributed by atoms with Gasteiger partial charge in [0, 0.05) is 26.8 Å². The molecule has 0 bridgehead atoms. The SMILES string of the molecule is CCN(CC(C)COC)CC1CCCNC1. The first-order valence-corrected chi connectivity index (χ1v) is 6.68. The summed E-state index contributed by atoms with van der Waals surface area (Å²) in [6.07, 6.45) is 2.73. The van der Waals surface area contributed by atoms with E-state index in [2.05, 4.69) is 24.1 Å². The molecule has 3 nitrogen and oxygen atoms in total. The number of hydrogen-bond acceptors (Lipinski definition) is 3. The summed E-state index contributed by atoms with van der Waals surface area (Å²) in [6.45, 7) is 11.4. The van der Waals surface area contributed by atoms with Crippen LogP contribution in [0, 0.1) is 11.8 Å². The molecule has 1 rings (SSSR count). The first kappa shape index (κ1) is 13.9. The summed E-state index contributed by atoms with van der Waals surface area (Å²) in [7, 11) is 1.79. The van der Waals surface area contributed by atoms with Crippen LogP contribution in [-0.2, 0) is 4.74 Å². The highest BCUT2D eigenvalue weighted by Gasteiger charge is 2.17. The van der Waals surface area contributed by atoms with Crippen molar-refractivity contribution < 1.29 is 4.74 Å². The van der Waals surface area contributed by atoms with Crippen molar-refractivity contribution in [2.45, 2.75) is 26.7 Å². The lowest BCUT2D eigenvalue weighted by Gasteiger charge is -2.30. The van der Waals surface area contributed by atoms with Gasteiger partial charge in [0.1, 0.15) is 0 Å². The Morgan fingerprint density at radius 2 is 2.31 bits per heavy atom. The maximum atomic E-state index is 5.20. The van der Waals surface area contributed by atoms with E-state index in [1.165, 1.54) is 39.0 Å². The summed E-state index contributed by atoms with van der Waals surface area (Å²) in [6, 6.07) is 0. The fourth-order valence-corrected chi connectivity index (χ4v) is 2.56. The number of ether oxygens (including phenoxy) is 1. The Balaban J connectivity index is 2.24. The summed E-state index contributed by atoms with van der Waals surface area (Å²) in [5.41, 5.74) is 0. The molecule has 0 spiro atoms. The van der Waals surface area contributed by atoms with Gasteiger partial charge in [0.25, 0.3) is 0 Å². The van der Waals surface area contributed by atoms with Crippen molar-refractivity contribution in [3.05, 3.63) is 0 Å². The number of methoxy groups -OCH3 is 1. The van der Waals surface area contributed by atoms with Gasteiger partial charge in [-0.05, 0) is 44.3 Å². The van der Waals surface area contributed by atoms with Crippen LogP contribution >= 0.6 is 0 Å². The monoisotopic (exact) mass is 228 g/mol. The van der Waals surface area contributed by atoms with Gasteiger partial charge in [-0.15, -0.1) is 0 Å². The molecule has 1 fully saturated rings. The Kier molecular flexibility index (Phi) is 7.01. The minimum absolute atomic E-state index is 0.640. The van der Waals surface area contributed by atoms with E-state index < -0.39 is 0 Å². The van der Waals surface area contributed by atoms with E-state index in [0.717, 1.165) is 19.1 Å². The minimum atomic E-state index is 0.640. The third-order valence-corrected chi connectivity index (χ3v) is 3.38. The maximum absolute atomic E-state index is 5.20. The summed E-state index contributed by atoms with van der Waals surface area (Å²) in [5.74, 6) is 1.49. The molecular weight excluding hydrogens is 200 g/mol. The molecule has 1 aliphatic rings. The standard InChI is InChI=1S/C13H28N2O/c1-4-15(9-12(2)11-16-3)10-13-6-5-7-14-8-13/h12-14H,4-11H2,1-3H3. The number of nitrogens with one attached hydrogen (secondary N) is 1. The molecule has 2 unspecified atom stereocenters. The number of rotatable bonds is 7. The van der Waals surface area contributed by atoms with Crippen molar-refractivity contribution in [3.63, 3.8) is 0 Å². The van der Waals surface area contributed by atoms with Crippen LogP contribution in [-0.4, -0.2) is 51.3 Å². The van der Waals surface area contributed by atoms with Crippen molar-refractivity contribution in [1.82, 2.24) is 10.2 Å². The largest absolute Gasteiger partial charge is 0.384 e. The molecule has 96 valence electrons. The predicted molar refractivity (Wildman–Crippen MR) is 68.7 cm³/mol. The normalized spacial score (nSPS) is 23.6. The molecular formula is C13H28N2O. The Labute approximate surface area is 101 Å². The highest BCUT2D eigenvalue weighted by molar-refractivity contribution is 4.73. The minimum Gasteiger partial charge on any atom is -0.384 e. The van der Waals surface area contributed by atoms with Crippen molar-refractivity contribution in [2.75, 3.05) is 46.4 Å². The molecule has 0 aromatic rings. The van der Waals surface area contributed by atoms with Crippen LogP contribution in [0.4, 0.5) is 0 Å². The zero-order valence-electron chi connectivity index (χ0n) is 11.2. The van der Waals surface area contributed by atoms with Gasteiger partial charge in [-0.1, -0.05) is 13.8 Å². The Morgan fingerprint density at radius 3 is 2.88 bits per heavy atom. The summed E-state index contributed by atoms with van der Waals surface area (Å²) in [5, 5.41) is 3.49. The van der Waals surface area contributed by atoms with Crippen LogP contribution in [0.2, 0.25) is 0 Å². The van der Waals surface area contributed by atoms with E-state index in [4.69, 9.17) is 4.74 Å². The molecule has 0 aliphatic carbocycles. The summed E-state index contributed by atoms with van der Waals surface area (Å²) >= 11 is 0. The van der Waals surface area contributed by atoms with Crippen molar-refractivity contribution in [2.24, 2.45) is 11.8 Å². The van der Waals surface area contributed by atoms with Crippen LogP contribution in [0.5, 0.6) is 0 Å².